The highest BCUT2D eigenvalue weighted by molar-refractivity contribution is 5.82. The smallest absolute Gasteiger partial charge is 0.176 e. The van der Waals surface area contributed by atoms with Gasteiger partial charge in [-0.25, -0.2) is 4.57 Å². The molecule has 0 atom stereocenters. The van der Waals surface area contributed by atoms with Crippen LogP contribution in [0.4, 0.5) is 0 Å². The Hall–Kier alpha value is -1.61. The van der Waals surface area contributed by atoms with Crippen LogP contribution in [0.25, 0.3) is 10.8 Å². The average Bonchev–Trinajstić information content (AvgIpc) is 2.30. The number of rotatable bonds is 4. The number of nitrogens with zero attached hydrogens (tertiary/aromatic N) is 1. The molecule has 2 rings (SSSR count). The maximum atomic E-state index is 5.53. The molecule has 0 unspecified atom stereocenters. The minimum atomic E-state index is 0.660. The molecule has 0 aliphatic heterocycles. The average molecular weight is 217 g/mol. The summed E-state index contributed by atoms with van der Waals surface area (Å²) in [7, 11) is 0. The van der Waals surface area contributed by atoms with Crippen molar-refractivity contribution >= 4 is 10.8 Å². The molecule has 0 saturated carbocycles. The Labute approximate surface area is 95.5 Å². The summed E-state index contributed by atoms with van der Waals surface area (Å²) in [5.74, 6) is 0.923. The Kier molecular flexibility index (Phi) is 3.37. The van der Waals surface area contributed by atoms with Gasteiger partial charge in [0.1, 0.15) is 5.75 Å². The van der Waals surface area contributed by atoms with Crippen molar-refractivity contribution in [2.45, 2.75) is 13.5 Å². The van der Waals surface area contributed by atoms with E-state index in [1.807, 2.05) is 19.2 Å². The van der Waals surface area contributed by atoms with Gasteiger partial charge in [0.2, 0.25) is 0 Å². The second-order valence-electron chi connectivity index (χ2n) is 3.70. The van der Waals surface area contributed by atoms with E-state index in [1.165, 1.54) is 10.8 Å². The molecule has 2 N–H and O–H groups in total. The summed E-state index contributed by atoms with van der Waals surface area (Å²) in [6.07, 6.45) is 4.16. The first-order valence-corrected chi connectivity index (χ1v) is 5.59. The van der Waals surface area contributed by atoms with Gasteiger partial charge < -0.3 is 10.5 Å². The fourth-order valence-corrected chi connectivity index (χ4v) is 1.76. The standard InChI is InChI=1S/C13H17N2O/c1-2-16-13-4-3-12-10-15(8-6-14)7-5-11(12)9-13/h3-5,7,9-10H,2,6,8,14H2,1H3/q+1. The molecule has 1 heterocycles. The summed E-state index contributed by atoms with van der Waals surface area (Å²) in [6.45, 7) is 4.20. The number of ether oxygens (including phenoxy) is 1. The van der Waals surface area contributed by atoms with E-state index >= 15 is 0 Å². The lowest BCUT2D eigenvalue weighted by molar-refractivity contribution is -0.693. The lowest BCUT2D eigenvalue weighted by Crippen LogP contribution is -2.36. The van der Waals surface area contributed by atoms with E-state index in [0.29, 0.717) is 13.2 Å². The van der Waals surface area contributed by atoms with Gasteiger partial charge in [-0.3, -0.25) is 0 Å². The predicted octanol–water partition coefficient (Wildman–Crippen LogP) is 1.48. The molecule has 3 heteroatoms. The highest BCUT2D eigenvalue weighted by Gasteiger charge is 2.03. The summed E-state index contributed by atoms with van der Waals surface area (Å²) in [5.41, 5.74) is 5.53. The van der Waals surface area contributed by atoms with Crippen LogP contribution in [0, 0.1) is 0 Å². The van der Waals surface area contributed by atoms with Crippen LogP contribution in [-0.2, 0) is 6.54 Å². The molecule has 16 heavy (non-hydrogen) atoms. The number of fused-ring (bicyclic) bond motifs is 1. The van der Waals surface area contributed by atoms with Crippen LogP contribution in [0.1, 0.15) is 6.92 Å². The zero-order chi connectivity index (χ0) is 11.4. The van der Waals surface area contributed by atoms with Crippen molar-refractivity contribution in [1.29, 1.82) is 0 Å². The van der Waals surface area contributed by atoms with Gasteiger partial charge in [0.05, 0.1) is 13.2 Å². The van der Waals surface area contributed by atoms with E-state index in [4.69, 9.17) is 10.5 Å². The van der Waals surface area contributed by atoms with E-state index in [1.54, 1.807) is 0 Å². The van der Waals surface area contributed by atoms with Gasteiger partial charge in [-0.2, -0.15) is 0 Å². The number of aromatic nitrogens is 1. The fraction of sp³-hybridized carbons (Fsp3) is 0.308. The van der Waals surface area contributed by atoms with Crippen LogP contribution in [0.2, 0.25) is 0 Å². The number of hydrogen-bond acceptors (Lipinski definition) is 2. The third kappa shape index (κ3) is 2.31. The van der Waals surface area contributed by atoms with Crippen LogP contribution in [0.5, 0.6) is 5.75 Å². The van der Waals surface area contributed by atoms with E-state index in [0.717, 1.165) is 12.3 Å². The van der Waals surface area contributed by atoms with Crippen molar-refractivity contribution < 1.29 is 9.30 Å². The summed E-state index contributed by atoms with van der Waals surface area (Å²) >= 11 is 0. The van der Waals surface area contributed by atoms with Crippen molar-refractivity contribution in [2.24, 2.45) is 5.73 Å². The molecule has 0 spiro atoms. The second kappa shape index (κ2) is 4.94. The van der Waals surface area contributed by atoms with E-state index in [2.05, 4.69) is 29.0 Å². The van der Waals surface area contributed by atoms with Crippen LogP contribution >= 0.6 is 0 Å². The lowest BCUT2D eigenvalue weighted by Gasteiger charge is -2.04. The zero-order valence-corrected chi connectivity index (χ0v) is 9.52. The Morgan fingerprint density at radius 1 is 1.25 bits per heavy atom. The zero-order valence-electron chi connectivity index (χ0n) is 9.52. The van der Waals surface area contributed by atoms with Gasteiger partial charge in [-0.15, -0.1) is 0 Å². The molecule has 0 bridgehead atoms. The summed E-state index contributed by atoms with van der Waals surface area (Å²) < 4.78 is 7.56. The number of hydrogen-bond donors (Lipinski definition) is 1. The molecule has 1 aromatic heterocycles. The summed E-state index contributed by atoms with van der Waals surface area (Å²) in [4.78, 5) is 0. The number of benzene rings is 1. The van der Waals surface area contributed by atoms with Crippen molar-refractivity contribution in [3.63, 3.8) is 0 Å². The van der Waals surface area contributed by atoms with Gasteiger partial charge >= 0.3 is 0 Å². The SMILES string of the molecule is CCOc1ccc2c[n+](CCN)ccc2c1. The van der Waals surface area contributed by atoms with Crippen LogP contribution in [0.15, 0.2) is 36.7 Å². The minimum absolute atomic E-state index is 0.660. The third-order valence-corrected chi connectivity index (χ3v) is 2.51. The summed E-state index contributed by atoms with van der Waals surface area (Å²) in [6, 6.07) is 8.23. The third-order valence-electron chi connectivity index (χ3n) is 2.51. The highest BCUT2D eigenvalue weighted by Crippen LogP contribution is 2.19. The molecule has 3 nitrogen and oxygen atoms in total. The normalized spacial score (nSPS) is 10.6. The highest BCUT2D eigenvalue weighted by atomic mass is 16.5. The number of pyridine rings is 1. The van der Waals surface area contributed by atoms with Gasteiger partial charge in [-0.05, 0) is 30.5 Å². The van der Waals surface area contributed by atoms with Crippen molar-refractivity contribution in [1.82, 2.24) is 0 Å². The fourth-order valence-electron chi connectivity index (χ4n) is 1.76. The molecule has 2 aromatic rings. The van der Waals surface area contributed by atoms with Crippen LogP contribution < -0.4 is 15.0 Å². The maximum Gasteiger partial charge on any atom is 0.176 e. The largest absolute Gasteiger partial charge is 0.494 e. The molecule has 0 aliphatic carbocycles. The van der Waals surface area contributed by atoms with Crippen LogP contribution in [0.3, 0.4) is 0 Å². The molecule has 0 saturated heterocycles. The topological polar surface area (TPSA) is 39.1 Å². The van der Waals surface area contributed by atoms with Gasteiger partial charge in [0, 0.05) is 11.5 Å². The van der Waals surface area contributed by atoms with Gasteiger partial charge in [0.25, 0.3) is 0 Å². The first kappa shape index (κ1) is 10.9. The molecule has 0 amide bonds. The predicted molar refractivity (Wildman–Crippen MR) is 64.4 cm³/mol. The lowest BCUT2D eigenvalue weighted by atomic mass is 10.2. The molecular weight excluding hydrogens is 200 g/mol. The molecule has 0 radical (unpaired) electrons. The molecule has 0 aliphatic rings. The monoisotopic (exact) mass is 217 g/mol. The quantitative estimate of drug-likeness (QED) is 0.788. The number of nitrogens with two attached hydrogens (primary N) is 1. The van der Waals surface area contributed by atoms with E-state index in [9.17, 15) is 0 Å². The Morgan fingerprint density at radius 2 is 2.12 bits per heavy atom. The summed E-state index contributed by atoms with van der Waals surface area (Å²) in [5, 5.41) is 2.40. The molecule has 1 aromatic carbocycles. The maximum absolute atomic E-state index is 5.53. The van der Waals surface area contributed by atoms with Gasteiger partial charge in [0.15, 0.2) is 18.9 Å². The van der Waals surface area contributed by atoms with E-state index < -0.39 is 0 Å². The molecular formula is C13H17N2O+. The van der Waals surface area contributed by atoms with E-state index in [-0.39, 0.29) is 0 Å². The Morgan fingerprint density at radius 3 is 2.88 bits per heavy atom. The first-order chi connectivity index (χ1) is 7.83. The second-order valence-corrected chi connectivity index (χ2v) is 3.70. The first-order valence-electron chi connectivity index (χ1n) is 5.59. The molecule has 0 fully saturated rings. The minimum Gasteiger partial charge on any atom is -0.494 e. The van der Waals surface area contributed by atoms with Crippen molar-refractivity contribution in [3.8, 4) is 5.75 Å². The van der Waals surface area contributed by atoms with Crippen molar-refractivity contribution in [2.75, 3.05) is 13.2 Å². The molecule has 84 valence electrons. The van der Waals surface area contributed by atoms with Crippen molar-refractivity contribution in [3.05, 3.63) is 36.7 Å². The Bertz CT molecular complexity index is 437. The van der Waals surface area contributed by atoms with Gasteiger partial charge in [-0.1, -0.05) is 0 Å². The Balaban J connectivity index is 2.36. The van der Waals surface area contributed by atoms with Crippen LogP contribution in [-0.4, -0.2) is 13.2 Å².